The Balaban J connectivity index is 2.35. The third-order valence-electron chi connectivity index (χ3n) is 3.19. The summed E-state index contributed by atoms with van der Waals surface area (Å²) in [6.07, 6.45) is 3.01. The molecule has 0 bridgehead atoms. The average molecular weight is 243 g/mol. The molecule has 4 N–H and O–H groups in total. The first kappa shape index (κ1) is 13.8. The summed E-state index contributed by atoms with van der Waals surface area (Å²) in [6, 6.07) is 0. The van der Waals surface area contributed by atoms with E-state index in [1.807, 2.05) is 6.92 Å². The summed E-state index contributed by atoms with van der Waals surface area (Å²) in [5.41, 5.74) is 4.80. The number of ether oxygens (including phenoxy) is 1. The van der Waals surface area contributed by atoms with Gasteiger partial charge < -0.3 is 21.0 Å². The highest BCUT2D eigenvalue weighted by Gasteiger charge is 2.48. The zero-order chi connectivity index (χ0) is 12.7. The molecule has 0 aromatic carbocycles. The quantitative estimate of drug-likeness (QED) is 0.199. The Bertz CT molecular complexity index is 288. The van der Waals surface area contributed by atoms with Gasteiger partial charge in [-0.3, -0.25) is 4.79 Å². The molecule has 0 aromatic rings. The zero-order valence-electron chi connectivity index (χ0n) is 10.2. The van der Waals surface area contributed by atoms with Crippen LogP contribution in [0, 0.1) is 5.41 Å². The van der Waals surface area contributed by atoms with Gasteiger partial charge in [0.25, 0.3) is 0 Å². The van der Waals surface area contributed by atoms with Crippen molar-refractivity contribution in [2.24, 2.45) is 16.3 Å². The molecule has 1 aliphatic carbocycles. The normalized spacial score (nSPS) is 18.5. The molecule has 0 radical (unpaired) electrons. The van der Waals surface area contributed by atoms with Crippen molar-refractivity contribution in [2.45, 2.75) is 32.6 Å². The van der Waals surface area contributed by atoms with Gasteiger partial charge in [0.1, 0.15) is 5.41 Å². The first-order valence-electron chi connectivity index (χ1n) is 6.01. The molecule has 0 atom stereocenters. The SMILES string of the molecule is CCOCCCNC(=O)C1(C(N)=NO)CCC1. The number of amidine groups is 1. The predicted molar refractivity (Wildman–Crippen MR) is 63.8 cm³/mol. The second-order valence-electron chi connectivity index (χ2n) is 4.23. The standard InChI is InChI=1S/C11H21N3O3/c1-2-17-8-4-7-13-10(15)11(5-3-6-11)9(12)14-16/h16H,2-8H2,1H3,(H2,12,14)(H,13,15). The van der Waals surface area contributed by atoms with Gasteiger partial charge >= 0.3 is 0 Å². The maximum atomic E-state index is 12.0. The average Bonchev–Trinajstić information content (AvgIpc) is 2.27. The van der Waals surface area contributed by atoms with Gasteiger partial charge in [0.05, 0.1) is 0 Å². The van der Waals surface area contributed by atoms with Crippen molar-refractivity contribution in [1.82, 2.24) is 5.32 Å². The van der Waals surface area contributed by atoms with Crippen molar-refractivity contribution >= 4 is 11.7 Å². The Hall–Kier alpha value is -1.30. The molecule has 0 saturated heterocycles. The van der Waals surface area contributed by atoms with Gasteiger partial charge in [-0.2, -0.15) is 0 Å². The monoisotopic (exact) mass is 243 g/mol. The van der Waals surface area contributed by atoms with Crippen LogP contribution in [0.3, 0.4) is 0 Å². The summed E-state index contributed by atoms with van der Waals surface area (Å²) >= 11 is 0. The maximum Gasteiger partial charge on any atom is 0.233 e. The number of carbonyl (C=O) groups excluding carboxylic acids is 1. The summed E-state index contributed by atoms with van der Waals surface area (Å²) in [7, 11) is 0. The number of hydrogen-bond acceptors (Lipinski definition) is 4. The molecule has 6 nitrogen and oxygen atoms in total. The first-order valence-corrected chi connectivity index (χ1v) is 6.01. The third kappa shape index (κ3) is 3.09. The molecule has 1 amide bonds. The second kappa shape index (κ2) is 6.44. The number of rotatable bonds is 7. The van der Waals surface area contributed by atoms with Gasteiger partial charge in [-0.05, 0) is 26.2 Å². The Kier molecular flexibility index (Phi) is 5.21. The van der Waals surface area contributed by atoms with E-state index in [0.29, 0.717) is 32.6 Å². The highest BCUT2D eigenvalue weighted by atomic mass is 16.5. The lowest BCUT2D eigenvalue weighted by Crippen LogP contribution is -2.54. The minimum atomic E-state index is -0.777. The van der Waals surface area contributed by atoms with Gasteiger partial charge in [-0.15, -0.1) is 0 Å². The highest BCUT2D eigenvalue weighted by Crippen LogP contribution is 2.41. The smallest absolute Gasteiger partial charge is 0.233 e. The summed E-state index contributed by atoms with van der Waals surface area (Å²) < 4.78 is 5.17. The van der Waals surface area contributed by atoms with Crippen molar-refractivity contribution in [3.8, 4) is 0 Å². The van der Waals surface area contributed by atoms with E-state index in [2.05, 4.69) is 10.5 Å². The van der Waals surface area contributed by atoms with Crippen LogP contribution in [0.4, 0.5) is 0 Å². The molecular formula is C11H21N3O3. The maximum absolute atomic E-state index is 12.0. The van der Waals surface area contributed by atoms with Crippen LogP contribution in [0.5, 0.6) is 0 Å². The van der Waals surface area contributed by atoms with Crippen LogP contribution in [0.25, 0.3) is 0 Å². The van der Waals surface area contributed by atoms with Crippen LogP contribution in [0.1, 0.15) is 32.6 Å². The molecular weight excluding hydrogens is 222 g/mol. The van der Waals surface area contributed by atoms with Crippen molar-refractivity contribution in [3.05, 3.63) is 0 Å². The molecule has 0 spiro atoms. The van der Waals surface area contributed by atoms with Crippen molar-refractivity contribution < 1.29 is 14.7 Å². The van der Waals surface area contributed by atoms with Crippen LogP contribution in [0.2, 0.25) is 0 Å². The molecule has 6 heteroatoms. The van der Waals surface area contributed by atoms with Crippen LogP contribution in [-0.4, -0.2) is 36.7 Å². The van der Waals surface area contributed by atoms with Crippen molar-refractivity contribution in [2.75, 3.05) is 19.8 Å². The van der Waals surface area contributed by atoms with E-state index in [-0.39, 0.29) is 11.7 Å². The Morgan fingerprint density at radius 3 is 2.76 bits per heavy atom. The lowest BCUT2D eigenvalue weighted by molar-refractivity contribution is -0.131. The summed E-state index contributed by atoms with van der Waals surface area (Å²) in [6.45, 7) is 3.80. The van der Waals surface area contributed by atoms with E-state index in [4.69, 9.17) is 15.7 Å². The minimum absolute atomic E-state index is 0.0195. The van der Waals surface area contributed by atoms with E-state index in [9.17, 15) is 4.79 Å². The number of nitrogens with zero attached hydrogens (tertiary/aromatic N) is 1. The summed E-state index contributed by atoms with van der Waals surface area (Å²) in [5.74, 6) is -0.124. The van der Waals surface area contributed by atoms with Gasteiger partial charge in [0.15, 0.2) is 5.84 Å². The predicted octanol–water partition coefficient (Wildman–Crippen LogP) is 0.446. The topological polar surface area (TPSA) is 96.9 Å². The van der Waals surface area contributed by atoms with E-state index >= 15 is 0 Å². The fourth-order valence-electron chi connectivity index (χ4n) is 1.92. The second-order valence-corrected chi connectivity index (χ2v) is 4.23. The van der Waals surface area contributed by atoms with Gasteiger partial charge in [0, 0.05) is 19.8 Å². The largest absolute Gasteiger partial charge is 0.409 e. The number of nitrogens with two attached hydrogens (primary N) is 1. The van der Waals surface area contributed by atoms with Crippen LogP contribution < -0.4 is 11.1 Å². The molecule has 98 valence electrons. The number of amides is 1. The number of nitrogens with one attached hydrogen (secondary N) is 1. The van der Waals surface area contributed by atoms with Crippen LogP contribution >= 0.6 is 0 Å². The van der Waals surface area contributed by atoms with E-state index < -0.39 is 5.41 Å². The van der Waals surface area contributed by atoms with Crippen LogP contribution in [-0.2, 0) is 9.53 Å². The lowest BCUT2D eigenvalue weighted by Gasteiger charge is -2.38. The van der Waals surface area contributed by atoms with Gasteiger partial charge in [0.2, 0.25) is 5.91 Å². The number of oxime groups is 1. The fourth-order valence-corrected chi connectivity index (χ4v) is 1.92. The van der Waals surface area contributed by atoms with Crippen LogP contribution in [0.15, 0.2) is 5.16 Å². The molecule has 0 aromatic heterocycles. The molecule has 1 aliphatic rings. The van der Waals surface area contributed by atoms with E-state index in [1.165, 1.54) is 0 Å². The molecule has 1 fully saturated rings. The fraction of sp³-hybridized carbons (Fsp3) is 0.818. The lowest BCUT2D eigenvalue weighted by atomic mass is 9.67. The molecule has 1 saturated carbocycles. The van der Waals surface area contributed by atoms with Gasteiger partial charge in [-0.25, -0.2) is 0 Å². The first-order chi connectivity index (χ1) is 8.17. The summed E-state index contributed by atoms with van der Waals surface area (Å²) in [5, 5.41) is 14.5. The summed E-state index contributed by atoms with van der Waals surface area (Å²) in [4.78, 5) is 12.0. The minimum Gasteiger partial charge on any atom is -0.409 e. The molecule has 0 unspecified atom stereocenters. The molecule has 0 aliphatic heterocycles. The number of carbonyl (C=O) groups is 1. The van der Waals surface area contributed by atoms with Crippen molar-refractivity contribution in [1.29, 1.82) is 0 Å². The highest BCUT2D eigenvalue weighted by molar-refractivity contribution is 6.07. The third-order valence-corrected chi connectivity index (χ3v) is 3.19. The Labute approximate surface area is 101 Å². The Morgan fingerprint density at radius 1 is 1.59 bits per heavy atom. The molecule has 1 rings (SSSR count). The van der Waals surface area contributed by atoms with Crippen molar-refractivity contribution in [3.63, 3.8) is 0 Å². The van der Waals surface area contributed by atoms with E-state index in [0.717, 1.165) is 12.8 Å². The van der Waals surface area contributed by atoms with E-state index in [1.54, 1.807) is 0 Å². The number of hydrogen-bond donors (Lipinski definition) is 3. The Morgan fingerprint density at radius 2 is 2.29 bits per heavy atom. The molecule has 0 heterocycles. The zero-order valence-corrected chi connectivity index (χ0v) is 10.2. The molecule has 17 heavy (non-hydrogen) atoms. The van der Waals surface area contributed by atoms with Gasteiger partial charge in [-0.1, -0.05) is 11.6 Å².